The molecule has 0 saturated carbocycles. The molecule has 0 unspecified atom stereocenters. The number of hydrogen-bond acceptors (Lipinski definition) is 6. The minimum Gasteiger partial charge on any atom is -0.468 e. The average Bonchev–Trinajstić information content (AvgIpc) is 3.30. The van der Waals surface area contributed by atoms with Crippen molar-refractivity contribution in [2.24, 2.45) is 0 Å². The summed E-state index contributed by atoms with van der Waals surface area (Å²) in [7, 11) is 0. The summed E-state index contributed by atoms with van der Waals surface area (Å²) in [4.78, 5) is 25.0. The highest BCUT2D eigenvalue weighted by atomic mass is 32.2. The normalized spacial score (nSPS) is 18.5. The predicted octanol–water partition coefficient (Wildman–Crippen LogP) is 3.76. The molecular formula is C23H21N3O3S. The van der Waals surface area contributed by atoms with E-state index in [-0.39, 0.29) is 17.4 Å². The molecular weight excluding hydrogens is 398 g/mol. The van der Waals surface area contributed by atoms with E-state index in [1.165, 1.54) is 11.8 Å². The van der Waals surface area contributed by atoms with Gasteiger partial charge < -0.3 is 15.1 Å². The molecule has 2 aromatic rings. The minimum atomic E-state index is -0.524. The summed E-state index contributed by atoms with van der Waals surface area (Å²) < 4.78 is 5.58. The van der Waals surface area contributed by atoms with Gasteiger partial charge in [0.05, 0.1) is 34.6 Å². The molecule has 1 aliphatic carbocycles. The zero-order chi connectivity index (χ0) is 20.9. The Hall–Kier alpha value is -3.24. The first-order valence-electron chi connectivity index (χ1n) is 9.81. The standard InChI is InChI=1S/C23H21N3O3S/c24-12-16-21(19-10-5-11-29-19)22-17(8-4-9-18(22)27)26-23(16)30-14-20(28)25-13-15-6-2-1-3-7-15/h1-3,5-7,10-11,21,26H,4,8-9,13-14H2,(H,25,28)/t21-/m1/s1. The Kier molecular flexibility index (Phi) is 6.05. The van der Waals surface area contributed by atoms with Crippen molar-refractivity contribution in [3.05, 3.63) is 81.9 Å². The van der Waals surface area contributed by atoms with Crippen molar-refractivity contribution < 1.29 is 14.0 Å². The van der Waals surface area contributed by atoms with E-state index >= 15 is 0 Å². The summed E-state index contributed by atoms with van der Waals surface area (Å²) in [5.74, 6) is 0.139. The number of ketones is 1. The molecule has 1 atom stereocenters. The Morgan fingerprint density at radius 1 is 1.23 bits per heavy atom. The second-order valence-electron chi connectivity index (χ2n) is 7.15. The van der Waals surface area contributed by atoms with Gasteiger partial charge in [0, 0.05) is 24.2 Å². The van der Waals surface area contributed by atoms with Crippen molar-refractivity contribution in [2.75, 3.05) is 5.75 Å². The van der Waals surface area contributed by atoms with E-state index in [4.69, 9.17) is 4.42 Å². The third kappa shape index (κ3) is 4.19. The molecule has 6 nitrogen and oxygen atoms in total. The first-order chi connectivity index (χ1) is 14.7. The quantitative estimate of drug-likeness (QED) is 0.740. The second kappa shape index (κ2) is 9.06. The van der Waals surface area contributed by atoms with Crippen LogP contribution in [0.4, 0.5) is 0 Å². The summed E-state index contributed by atoms with van der Waals surface area (Å²) >= 11 is 1.28. The molecule has 1 amide bonds. The molecule has 30 heavy (non-hydrogen) atoms. The van der Waals surface area contributed by atoms with Crippen LogP contribution in [0.5, 0.6) is 0 Å². The number of nitrogens with one attached hydrogen (secondary N) is 2. The van der Waals surface area contributed by atoms with Crippen molar-refractivity contribution in [3.63, 3.8) is 0 Å². The van der Waals surface area contributed by atoms with Gasteiger partial charge in [-0.3, -0.25) is 9.59 Å². The number of dihydropyridines is 1. The molecule has 0 saturated heterocycles. The van der Waals surface area contributed by atoms with Gasteiger partial charge in [0.2, 0.25) is 5.91 Å². The predicted molar refractivity (Wildman–Crippen MR) is 114 cm³/mol. The number of thioether (sulfide) groups is 1. The van der Waals surface area contributed by atoms with E-state index < -0.39 is 5.92 Å². The molecule has 2 aliphatic rings. The maximum atomic E-state index is 12.6. The van der Waals surface area contributed by atoms with Crippen LogP contribution in [0, 0.1) is 11.3 Å². The Labute approximate surface area is 179 Å². The first-order valence-corrected chi connectivity index (χ1v) is 10.8. The zero-order valence-electron chi connectivity index (χ0n) is 16.3. The lowest BCUT2D eigenvalue weighted by atomic mass is 9.79. The van der Waals surface area contributed by atoms with Crippen LogP contribution in [0.2, 0.25) is 0 Å². The lowest BCUT2D eigenvalue weighted by Crippen LogP contribution is -2.32. The van der Waals surface area contributed by atoms with Gasteiger partial charge in [-0.05, 0) is 30.5 Å². The summed E-state index contributed by atoms with van der Waals surface area (Å²) in [6, 6.07) is 15.5. The van der Waals surface area contributed by atoms with E-state index in [2.05, 4.69) is 16.7 Å². The fourth-order valence-electron chi connectivity index (χ4n) is 3.76. The molecule has 0 bridgehead atoms. The van der Waals surface area contributed by atoms with Crippen LogP contribution >= 0.6 is 11.8 Å². The topological polar surface area (TPSA) is 95.1 Å². The van der Waals surface area contributed by atoms with E-state index in [1.54, 1.807) is 18.4 Å². The van der Waals surface area contributed by atoms with Gasteiger partial charge in [-0.1, -0.05) is 42.1 Å². The first kappa shape index (κ1) is 20.0. The number of allylic oxidation sites excluding steroid dienone is 3. The number of amides is 1. The van der Waals surface area contributed by atoms with Crippen molar-refractivity contribution in [2.45, 2.75) is 31.7 Å². The minimum absolute atomic E-state index is 0.0440. The molecule has 152 valence electrons. The number of benzene rings is 1. The summed E-state index contributed by atoms with van der Waals surface area (Å²) in [6.07, 6.45) is 3.53. The van der Waals surface area contributed by atoms with Crippen molar-refractivity contribution in [1.29, 1.82) is 5.26 Å². The summed E-state index contributed by atoms with van der Waals surface area (Å²) in [5.41, 5.74) is 2.89. The van der Waals surface area contributed by atoms with E-state index in [0.29, 0.717) is 34.9 Å². The molecule has 1 aromatic carbocycles. The van der Waals surface area contributed by atoms with Crippen molar-refractivity contribution in [3.8, 4) is 6.07 Å². The smallest absolute Gasteiger partial charge is 0.230 e. The van der Waals surface area contributed by atoms with E-state index in [1.807, 2.05) is 30.3 Å². The van der Waals surface area contributed by atoms with Gasteiger partial charge in [-0.25, -0.2) is 0 Å². The van der Waals surface area contributed by atoms with Gasteiger partial charge >= 0.3 is 0 Å². The Morgan fingerprint density at radius 3 is 2.80 bits per heavy atom. The van der Waals surface area contributed by atoms with Gasteiger partial charge in [-0.2, -0.15) is 5.26 Å². The lowest BCUT2D eigenvalue weighted by Gasteiger charge is -2.32. The van der Waals surface area contributed by atoms with Crippen LogP contribution in [-0.4, -0.2) is 17.4 Å². The molecule has 1 aromatic heterocycles. The van der Waals surface area contributed by atoms with Crippen LogP contribution in [0.3, 0.4) is 0 Å². The third-order valence-electron chi connectivity index (χ3n) is 5.17. The summed E-state index contributed by atoms with van der Waals surface area (Å²) in [6.45, 7) is 0.455. The Balaban J connectivity index is 1.52. The molecule has 2 heterocycles. The SMILES string of the molecule is N#CC1=C(SCC(=O)NCc2ccccc2)NC2=C(C(=O)CCC2)[C@H]1c1ccco1. The molecule has 0 radical (unpaired) electrons. The number of nitrogens with zero attached hydrogens (tertiary/aromatic N) is 1. The number of Topliss-reactive ketones (excluding diaryl/α,β-unsaturated/α-hetero) is 1. The Bertz CT molecular complexity index is 1050. The number of rotatable bonds is 6. The highest BCUT2D eigenvalue weighted by Gasteiger charge is 2.38. The fourth-order valence-corrected chi connectivity index (χ4v) is 4.65. The van der Waals surface area contributed by atoms with Crippen molar-refractivity contribution >= 4 is 23.5 Å². The molecule has 2 N–H and O–H groups in total. The molecule has 1 aliphatic heterocycles. The maximum Gasteiger partial charge on any atom is 0.230 e. The number of nitriles is 1. The molecule has 7 heteroatoms. The fraction of sp³-hybridized carbons (Fsp3) is 0.261. The van der Waals surface area contributed by atoms with Gasteiger partial charge in [0.15, 0.2) is 5.78 Å². The van der Waals surface area contributed by atoms with Gasteiger partial charge in [0.1, 0.15) is 5.76 Å². The lowest BCUT2D eigenvalue weighted by molar-refractivity contribution is -0.119. The maximum absolute atomic E-state index is 12.6. The van der Waals surface area contributed by atoms with Gasteiger partial charge in [0.25, 0.3) is 0 Å². The molecule has 0 fully saturated rings. The van der Waals surface area contributed by atoms with Crippen LogP contribution in [-0.2, 0) is 16.1 Å². The van der Waals surface area contributed by atoms with Crippen LogP contribution in [0.15, 0.2) is 75.0 Å². The van der Waals surface area contributed by atoms with Gasteiger partial charge in [-0.15, -0.1) is 0 Å². The summed E-state index contributed by atoms with van der Waals surface area (Å²) in [5, 5.41) is 16.7. The highest BCUT2D eigenvalue weighted by molar-refractivity contribution is 8.03. The number of carbonyl (C=O) groups excluding carboxylic acids is 2. The van der Waals surface area contributed by atoms with Crippen LogP contribution in [0.1, 0.15) is 36.5 Å². The Morgan fingerprint density at radius 2 is 2.07 bits per heavy atom. The highest BCUT2D eigenvalue weighted by Crippen LogP contribution is 2.43. The number of carbonyl (C=O) groups is 2. The van der Waals surface area contributed by atoms with Crippen LogP contribution in [0.25, 0.3) is 0 Å². The second-order valence-corrected chi connectivity index (χ2v) is 8.13. The van der Waals surface area contributed by atoms with E-state index in [0.717, 1.165) is 24.1 Å². The average molecular weight is 420 g/mol. The number of hydrogen-bond donors (Lipinski definition) is 2. The van der Waals surface area contributed by atoms with Crippen LogP contribution < -0.4 is 10.6 Å². The molecule has 4 rings (SSSR count). The third-order valence-corrected chi connectivity index (χ3v) is 6.19. The van der Waals surface area contributed by atoms with E-state index in [9.17, 15) is 14.9 Å². The zero-order valence-corrected chi connectivity index (χ0v) is 17.1. The monoisotopic (exact) mass is 419 g/mol. The number of furan rings is 1. The molecule has 0 spiro atoms. The van der Waals surface area contributed by atoms with Crippen molar-refractivity contribution in [1.82, 2.24) is 10.6 Å². The largest absolute Gasteiger partial charge is 0.468 e.